The minimum absolute atomic E-state index is 0.280. The molecule has 0 saturated carbocycles. The van der Waals surface area contributed by atoms with Gasteiger partial charge in [-0.1, -0.05) is 233 Å². The van der Waals surface area contributed by atoms with Gasteiger partial charge >= 0.3 is 0 Å². The molecule has 5 aliphatic carbocycles. The zero-order valence-electron chi connectivity index (χ0n) is 55.0. The van der Waals surface area contributed by atoms with Gasteiger partial charge in [-0.2, -0.15) is 0 Å². The number of furan rings is 3. The SMILES string of the molecule is CC1(C)c2cc(N(c3ccc4c(c3)C(C)(C)c3c5c(c6oc7ccccc7c6c3-4)-c3ccccc3C5(C)C)c3ccc4c(c3)C(C)(C)c3c5c(c6oc7ccccc7c6c3-4)-c3ccccc3C5(C)C)ccc2-c2c1cc(-c1cccc3ccccc13)c1oc3ccccc3c21. The summed E-state index contributed by atoms with van der Waals surface area (Å²) in [7, 11) is 0. The average Bonchev–Trinajstić information content (AvgIpc) is 1.52. The summed E-state index contributed by atoms with van der Waals surface area (Å²) in [4.78, 5) is 2.59. The molecule has 0 N–H and O–H groups in total. The zero-order valence-corrected chi connectivity index (χ0v) is 55.0. The van der Waals surface area contributed by atoms with Crippen LogP contribution in [0.25, 0.3) is 143 Å². The van der Waals surface area contributed by atoms with Gasteiger partial charge in [0.05, 0.1) is 0 Å². The molecule has 16 aromatic rings. The largest absolute Gasteiger partial charge is 0.455 e. The molecule has 0 fully saturated rings. The first-order valence-electron chi connectivity index (χ1n) is 33.9. The normalized spacial score (nSPS) is 16.3. The molecule has 0 radical (unpaired) electrons. The second kappa shape index (κ2) is 17.6. The Morgan fingerprint density at radius 1 is 0.242 bits per heavy atom. The van der Waals surface area contributed by atoms with Crippen LogP contribution in [-0.2, 0) is 27.1 Å². The van der Waals surface area contributed by atoms with Crippen molar-refractivity contribution in [2.75, 3.05) is 4.90 Å². The molecule has 5 aliphatic rings. The molecule has 95 heavy (non-hydrogen) atoms. The van der Waals surface area contributed by atoms with Crippen molar-refractivity contribution >= 4 is 93.7 Å². The minimum Gasteiger partial charge on any atom is -0.455 e. The summed E-state index contributed by atoms with van der Waals surface area (Å²) in [5.41, 5.74) is 35.6. The van der Waals surface area contributed by atoms with E-state index in [1.807, 2.05) is 0 Å². The van der Waals surface area contributed by atoms with Gasteiger partial charge < -0.3 is 18.2 Å². The summed E-state index contributed by atoms with van der Waals surface area (Å²) in [5, 5.41) is 9.46. The van der Waals surface area contributed by atoms with E-state index in [9.17, 15) is 0 Å². The lowest BCUT2D eigenvalue weighted by Gasteiger charge is -2.33. The van der Waals surface area contributed by atoms with Gasteiger partial charge in [0.2, 0.25) is 0 Å². The Bertz CT molecular complexity index is 6010. The van der Waals surface area contributed by atoms with Gasteiger partial charge in [0.1, 0.15) is 33.5 Å². The number of anilines is 3. The Morgan fingerprint density at radius 2 is 0.589 bits per heavy atom. The summed E-state index contributed by atoms with van der Waals surface area (Å²) in [6.07, 6.45) is 0. The summed E-state index contributed by atoms with van der Waals surface area (Å²) >= 11 is 0. The summed E-state index contributed by atoms with van der Waals surface area (Å²) in [6.45, 7) is 24.5. The third-order valence-electron chi connectivity index (χ3n) is 23.9. The Morgan fingerprint density at radius 3 is 1.08 bits per heavy atom. The van der Waals surface area contributed by atoms with E-state index < -0.39 is 16.2 Å². The van der Waals surface area contributed by atoms with Crippen molar-refractivity contribution < 1.29 is 13.3 Å². The van der Waals surface area contributed by atoms with Crippen LogP contribution >= 0.6 is 0 Å². The molecule has 0 saturated heterocycles. The highest BCUT2D eigenvalue weighted by atomic mass is 16.3. The Hall–Kier alpha value is -10.7. The maximum atomic E-state index is 7.14. The molecule has 0 atom stereocenters. The molecule has 3 aromatic heterocycles. The first-order valence-corrected chi connectivity index (χ1v) is 33.9. The van der Waals surface area contributed by atoms with Crippen molar-refractivity contribution in [1.29, 1.82) is 0 Å². The van der Waals surface area contributed by atoms with E-state index in [0.29, 0.717) is 0 Å². The van der Waals surface area contributed by atoms with Crippen molar-refractivity contribution in [3.63, 3.8) is 0 Å². The maximum absolute atomic E-state index is 7.14. The highest BCUT2D eigenvalue weighted by molar-refractivity contribution is 6.24. The van der Waals surface area contributed by atoms with Crippen LogP contribution in [0.15, 0.2) is 238 Å². The second-order valence-corrected chi connectivity index (χ2v) is 30.5. The zero-order chi connectivity index (χ0) is 63.9. The molecule has 0 unspecified atom stereocenters. The maximum Gasteiger partial charge on any atom is 0.144 e. The van der Waals surface area contributed by atoms with Crippen LogP contribution in [-0.4, -0.2) is 0 Å². The molecule has 0 aliphatic heterocycles. The molecular formula is C91H67NO3. The number of fused-ring (bicyclic) bond motifs is 32. The van der Waals surface area contributed by atoms with Crippen LogP contribution in [0.2, 0.25) is 0 Å². The van der Waals surface area contributed by atoms with Gasteiger partial charge in [0.15, 0.2) is 0 Å². The quantitative estimate of drug-likeness (QED) is 0.176. The summed E-state index contributed by atoms with van der Waals surface area (Å²) in [5.74, 6) is 0. The number of para-hydroxylation sites is 3. The van der Waals surface area contributed by atoms with Crippen LogP contribution in [0.5, 0.6) is 0 Å². The fraction of sp³-hybridized carbons (Fsp3) is 0.165. The van der Waals surface area contributed by atoms with E-state index in [0.717, 1.165) is 72.3 Å². The van der Waals surface area contributed by atoms with E-state index in [1.54, 1.807) is 0 Å². The molecule has 4 nitrogen and oxygen atoms in total. The fourth-order valence-corrected chi connectivity index (χ4v) is 19.6. The predicted octanol–water partition coefficient (Wildman–Crippen LogP) is 25.2. The third-order valence-corrected chi connectivity index (χ3v) is 23.9. The van der Waals surface area contributed by atoms with Crippen molar-refractivity contribution in [3.05, 3.63) is 280 Å². The van der Waals surface area contributed by atoms with Crippen molar-refractivity contribution in [1.82, 2.24) is 0 Å². The van der Waals surface area contributed by atoms with Crippen LogP contribution in [0.3, 0.4) is 0 Å². The standard InChI is InChI=1S/C91H67NO3/c1-87(2)65-44-49(38-41-56(65)72-68(87)47-62(53-32-23-25-48-24-11-12-26-52(48)53)84-75(72)59-29-15-20-35-69(59)93-84)92(50-39-42-57-66(45-50)90(7,8)80-73(57)76-60-30-16-21-36-70(60)94-85(76)78-54-27-13-18-33-63(54)88(3,4)82(78)80)51-40-43-58-67(46-51)91(9,10)81-74(58)77-61-31-17-22-37-71(61)95-86(77)79-55-28-14-19-34-64(55)89(5,6)83(79)81/h11-47H,1-10H3. The number of nitrogens with zero attached hydrogens (tertiary/aromatic N) is 1. The second-order valence-electron chi connectivity index (χ2n) is 30.5. The van der Waals surface area contributed by atoms with E-state index in [2.05, 4.69) is 299 Å². The molecular weight excluding hydrogens is 1160 g/mol. The first-order chi connectivity index (χ1) is 45.9. The van der Waals surface area contributed by atoms with E-state index in [4.69, 9.17) is 13.3 Å². The van der Waals surface area contributed by atoms with Crippen LogP contribution in [0.4, 0.5) is 17.1 Å². The van der Waals surface area contributed by atoms with Gasteiger partial charge in [-0.3, -0.25) is 0 Å². The van der Waals surface area contributed by atoms with Gasteiger partial charge in [-0.15, -0.1) is 0 Å². The van der Waals surface area contributed by atoms with E-state index >= 15 is 0 Å². The van der Waals surface area contributed by atoms with Gasteiger partial charge in [-0.05, 0) is 177 Å². The smallest absolute Gasteiger partial charge is 0.144 e. The van der Waals surface area contributed by atoms with Crippen molar-refractivity contribution in [3.8, 4) is 66.8 Å². The molecule has 21 rings (SSSR count). The Labute approximate surface area is 551 Å². The van der Waals surface area contributed by atoms with Crippen LogP contribution in [0, 0.1) is 0 Å². The topological polar surface area (TPSA) is 42.7 Å². The number of benzene rings is 13. The molecule has 0 spiro atoms. The predicted molar refractivity (Wildman–Crippen MR) is 394 cm³/mol. The van der Waals surface area contributed by atoms with E-state index in [1.165, 1.54) is 144 Å². The lowest BCUT2D eigenvalue weighted by atomic mass is 9.72. The summed E-state index contributed by atoms with van der Waals surface area (Å²) in [6, 6.07) is 84.2. The molecule has 454 valence electrons. The molecule has 0 bridgehead atoms. The molecule has 4 heteroatoms. The average molecular weight is 1220 g/mol. The number of rotatable bonds is 4. The first kappa shape index (κ1) is 53.8. The minimum atomic E-state index is -0.408. The monoisotopic (exact) mass is 1220 g/mol. The molecule has 13 aromatic carbocycles. The van der Waals surface area contributed by atoms with Crippen LogP contribution < -0.4 is 4.90 Å². The Kier molecular flexibility index (Phi) is 9.94. The molecule has 3 heterocycles. The van der Waals surface area contributed by atoms with Gasteiger partial charge in [0, 0.05) is 93.1 Å². The van der Waals surface area contributed by atoms with Crippen molar-refractivity contribution in [2.24, 2.45) is 0 Å². The summed E-state index contributed by atoms with van der Waals surface area (Å²) < 4.78 is 21.4. The number of hydrogen-bond donors (Lipinski definition) is 0. The lowest BCUT2D eigenvalue weighted by Crippen LogP contribution is -2.24. The van der Waals surface area contributed by atoms with E-state index in [-0.39, 0.29) is 10.8 Å². The van der Waals surface area contributed by atoms with Crippen LogP contribution in [0.1, 0.15) is 125 Å². The third kappa shape index (κ3) is 6.45. The number of hydrogen-bond acceptors (Lipinski definition) is 4. The lowest BCUT2D eigenvalue weighted by molar-refractivity contribution is 0.600. The van der Waals surface area contributed by atoms with Crippen molar-refractivity contribution in [2.45, 2.75) is 96.3 Å². The highest BCUT2D eigenvalue weighted by Gasteiger charge is 2.51. The van der Waals surface area contributed by atoms with Gasteiger partial charge in [0.25, 0.3) is 0 Å². The van der Waals surface area contributed by atoms with Gasteiger partial charge in [-0.25, -0.2) is 0 Å². The highest BCUT2D eigenvalue weighted by Crippen LogP contribution is 2.67. The fourth-order valence-electron chi connectivity index (χ4n) is 19.6. The molecule has 0 amide bonds. The Balaban J connectivity index is 0.815.